The van der Waals surface area contributed by atoms with E-state index in [9.17, 15) is 0 Å². The van der Waals surface area contributed by atoms with Crippen LogP contribution in [-0.4, -0.2) is 10.5 Å². The van der Waals surface area contributed by atoms with Crippen LogP contribution >= 0.6 is 15.9 Å². The fourth-order valence-corrected chi connectivity index (χ4v) is 2.53. The van der Waals surface area contributed by atoms with E-state index in [-0.39, 0.29) is 5.54 Å². The van der Waals surface area contributed by atoms with Crippen molar-refractivity contribution in [3.63, 3.8) is 0 Å². The van der Waals surface area contributed by atoms with E-state index in [0.717, 1.165) is 10.3 Å². The Labute approximate surface area is 99.6 Å². The maximum atomic E-state index is 4.39. The molecule has 0 radical (unpaired) electrons. The van der Waals surface area contributed by atoms with Gasteiger partial charge < -0.3 is 5.32 Å². The molecule has 1 heterocycles. The number of aromatic nitrogens is 1. The molecule has 1 fully saturated rings. The minimum atomic E-state index is 0.239. The molecule has 1 aromatic rings. The Morgan fingerprint density at radius 3 is 2.73 bits per heavy atom. The van der Waals surface area contributed by atoms with E-state index in [1.807, 2.05) is 12.3 Å². The maximum absolute atomic E-state index is 4.39. The van der Waals surface area contributed by atoms with Crippen molar-refractivity contribution in [1.82, 2.24) is 4.98 Å². The summed E-state index contributed by atoms with van der Waals surface area (Å²) in [7, 11) is 0. The van der Waals surface area contributed by atoms with Crippen LogP contribution in [0.15, 0.2) is 16.7 Å². The van der Waals surface area contributed by atoms with E-state index in [2.05, 4.69) is 40.1 Å². The minimum absolute atomic E-state index is 0.239. The molecule has 82 valence electrons. The van der Waals surface area contributed by atoms with Gasteiger partial charge in [-0.2, -0.15) is 0 Å². The molecule has 1 saturated carbocycles. The summed E-state index contributed by atoms with van der Waals surface area (Å²) in [5.74, 6) is 0.986. The molecule has 0 saturated heterocycles. The number of hydrogen-bond acceptors (Lipinski definition) is 2. The number of hydrogen-bond donors (Lipinski definition) is 1. The van der Waals surface area contributed by atoms with E-state index in [4.69, 9.17) is 0 Å². The van der Waals surface area contributed by atoms with Crippen molar-refractivity contribution in [2.75, 3.05) is 5.32 Å². The monoisotopic (exact) mass is 268 g/mol. The average molecular weight is 269 g/mol. The van der Waals surface area contributed by atoms with Gasteiger partial charge >= 0.3 is 0 Å². The van der Waals surface area contributed by atoms with Crippen molar-refractivity contribution in [2.45, 2.75) is 45.1 Å². The summed E-state index contributed by atoms with van der Waals surface area (Å²) >= 11 is 3.59. The van der Waals surface area contributed by atoms with Crippen LogP contribution in [-0.2, 0) is 0 Å². The molecule has 0 aromatic carbocycles. The number of anilines is 1. The number of pyridine rings is 1. The van der Waals surface area contributed by atoms with Crippen LogP contribution in [0.5, 0.6) is 0 Å². The number of aryl methyl sites for hydroxylation is 1. The summed E-state index contributed by atoms with van der Waals surface area (Å²) in [5, 5.41) is 3.57. The Morgan fingerprint density at radius 2 is 2.07 bits per heavy atom. The lowest BCUT2D eigenvalue weighted by molar-refractivity contribution is 0.530. The number of nitrogens with zero attached hydrogens (tertiary/aromatic N) is 1. The summed E-state index contributed by atoms with van der Waals surface area (Å²) in [5.41, 5.74) is 1.47. The lowest BCUT2D eigenvalue weighted by Gasteiger charge is -2.26. The molecule has 0 unspecified atom stereocenters. The van der Waals surface area contributed by atoms with E-state index < -0.39 is 0 Å². The van der Waals surface area contributed by atoms with Crippen molar-refractivity contribution in [3.05, 3.63) is 22.3 Å². The van der Waals surface area contributed by atoms with Crippen molar-refractivity contribution < 1.29 is 0 Å². The highest BCUT2D eigenvalue weighted by atomic mass is 79.9. The first-order valence-corrected chi connectivity index (χ1v) is 6.29. The molecule has 0 spiro atoms. The van der Waals surface area contributed by atoms with Crippen molar-refractivity contribution in [2.24, 2.45) is 0 Å². The molecule has 1 aliphatic carbocycles. The van der Waals surface area contributed by atoms with Crippen LogP contribution < -0.4 is 5.32 Å². The molecule has 1 aromatic heterocycles. The quantitative estimate of drug-likeness (QED) is 0.880. The standard InChI is InChI=1S/C12H17BrN2/c1-9-5-8-14-11(10(9)13)15-12(2)6-3-4-7-12/h5,8H,3-4,6-7H2,1-2H3,(H,14,15). The lowest BCUT2D eigenvalue weighted by atomic mass is 10.0. The third-order valence-electron chi connectivity index (χ3n) is 3.21. The SMILES string of the molecule is Cc1ccnc(NC2(C)CCCC2)c1Br. The third kappa shape index (κ3) is 2.33. The summed E-state index contributed by atoms with van der Waals surface area (Å²) in [4.78, 5) is 4.39. The largest absolute Gasteiger partial charge is 0.364 e. The zero-order chi connectivity index (χ0) is 10.9. The maximum Gasteiger partial charge on any atom is 0.140 e. The summed E-state index contributed by atoms with van der Waals surface area (Å²) in [6.07, 6.45) is 7.00. The molecule has 15 heavy (non-hydrogen) atoms. The lowest BCUT2D eigenvalue weighted by Crippen LogP contribution is -2.31. The first-order valence-electron chi connectivity index (χ1n) is 5.50. The molecular weight excluding hydrogens is 252 g/mol. The smallest absolute Gasteiger partial charge is 0.140 e. The fourth-order valence-electron chi connectivity index (χ4n) is 2.19. The van der Waals surface area contributed by atoms with E-state index in [0.29, 0.717) is 0 Å². The predicted molar refractivity (Wildman–Crippen MR) is 67.2 cm³/mol. The Hall–Kier alpha value is -0.570. The Balaban J connectivity index is 2.20. The van der Waals surface area contributed by atoms with Gasteiger partial charge in [0.05, 0.1) is 4.47 Å². The Bertz CT molecular complexity index is 357. The number of rotatable bonds is 2. The van der Waals surface area contributed by atoms with Crippen LogP contribution in [0, 0.1) is 6.92 Å². The Kier molecular flexibility index (Phi) is 3.01. The zero-order valence-electron chi connectivity index (χ0n) is 9.31. The summed E-state index contributed by atoms with van der Waals surface area (Å²) < 4.78 is 1.10. The molecule has 0 amide bonds. The molecule has 0 aliphatic heterocycles. The van der Waals surface area contributed by atoms with Gasteiger partial charge in [0.15, 0.2) is 0 Å². The van der Waals surface area contributed by atoms with Crippen LogP contribution in [0.25, 0.3) is 0 Å². The molecule has 3 heteroatoms. The highest BCUT2D eigenvalue weighted by molar-refractivity contribution is 9.10. The summed E-state index contributed by atoms with van der Waals surface area (Å²) in [6.45, 7) is 4.38. The fraction of sp³-hybridized carbons (Fsp3) is 0.583. The van der Waals surface area contributed by atoms with Gasteiger partial charge in [0.2, 0.25) is 0 Å². The molecular formula is C12H17BrN2. The van der Waals surface area contributed by atoms with Gasteiger partial charge in [-0.15, -0.1) is 0 Å². The first-order chi connectivity index (χ1) is 7.11. The normalized spacial score (nSPS) is 19.1. The Morgan fingerprint density at radius 1 is 1.40 bits per heavy atom. The van der Waals surface area contributed by atoms with Crippen molar-refractivity contribution in [3.8, 4) is 0 Å². The topological polar surface area (TPSA) is 24.9 Å². The highest BCUT2D eigenvalue weighted by Crippen LogP contribution is 2.34. The van der Waals surface area contributed by atoms with E-state index in [1.54, 1.807) is 0 Å². The van der Waals surface area contributed by atoms with Gasteiger partial charge in [-0.3, -0.25) is 0 Å². The zero-order valence-corrected chi connectivity index (χ0v) is 10.9. The molecule has 2 rings (SSSR count). The van der Waals surface area contributed by atoms with Gasteiger partial charge in [-0.25, -0.2) is 4.98 Å². The van der Waals surface area contributed by atoms with Crippen LogP contribution in [0.4, 0.5) is 5.82 Å². The number of nitrogens with one attached hydrogen (secondary N) is 1. The van der Waals surface area contributed by atoms with Crippen LogP contribution in [0.2, 0.25) is 0 Å². The number of halogens is 1. The van der Waals surface area contributed by atoms with E-state index >= 15 is 0 Å². The minimum Gasteiger partial charge on any atom is -0.364 e. The van der Waals surface area contributed by atoms with Gasteiger partial charge in [-0.05, 0) is 54.2 Å². The second-order valence-electron chi connectivity index (χ2n) is 4.68. The molecule has 1 aliphatic rings. The molecule has 2 nitrogen and oxygen atoms in total. The second kappa shape index (κ2) is 4.12. The van der Waals surface area contributed by atoms with Crippen molar-refractivity contribution >= 4 is 21.7 Å². The van der Waals surface area contributed by atoms with Gasteiger partial charge in [-0.1, -0.05) is 12.8 Å². The van der Waals surface area contributed by atoms with Crippen LogP contribution in [0.3, 0.4) is 0 Å². The molecule has 1 N–H and O–H groups in total. The second-order valence-corrected chi connectivity index (χ2v) is 5.48. The molecule has 0 atom stereocenters. The average Bonchev–Trinajstić information content (AvgIpc) is 2.60. The molecule has 0 bridgehead atoms. The van der Waals surface area contributed by atoms with Gasteiger partial charge in [0.25, 0.3) is 0 Å². The van der Waals surface area contributed by atoms with Gasteiger partial charge in [0.1, 0.15) is 5.82 Å². The van der Waals surface area contributed by atoms with Gasteiger partial charge in [0, 0.05) is 11.7 Å². The third-order valence-corrected chi connectivity index (χ3v) is 4.21. The summed E-state index contributed by atoms with van der Waals surface area (Å²) in [6, 6.07) is 2.02. The highest BCUT2D eigenvalue weighted by Gasteiger charge is 2.29. The predicted octanol–water partition coefficient (Wildman–Crippen LogP) is 3.90. The van der Waals surface area contributed by atoms with E-state index in [1.165, 1.54) is 31.2 Å². The van der Waals surface area contributed by atoms with Crippen molar-refractivity contribution in [1.29, 1.82) is 0 Å². The van der Waals surface area contributed by atoms with Crippen LogP contribution in [0.1, 0.15) is 38.2 Å². The first kappa shape index (κ1) is 10.9.